The number of allylic oxidation sites excluding steroid dienone is 2. The first-order chi connectivity index (χ1) is 6.86. The van der Waals surface area contributed by atoms with Gasteiger partial charge in [-0.15, -0.1) is 0 Å². The van der Waals surface area contributed by atoms with E-state index in [-0.39, 0.29) is 0 Å². The van der Waals surface area contributed by atoms with E-state index in [4.69, 9.17) is 0 Å². The summed E-state index contributed by atoms with van der Waals surface area (Å²) in [5, 5.41) is 0. The van der Waals surface area contributed by atoms with Crippen LogP contribution in [0, 0.1) is 0 Å². The molecular weight excluding hydrogens is 170 g/mol. The van der Waals surface area contributed by atoms with Gasteiger partial charge in [-0.25, -0.2) is 0 Å². The fraction of sp³-hybridized carbons (Fsp3) is 0.692. The summed E-state index contributed by atoms with van der Waals surface area (Å²) in [4.78, 5) is 2.63. The summed E-state index contributed by atoms with van der Waals surface area (Å²) in [5.74, 6) is 0. The Morgan fingerprint density at radius 1 is 1.36 bits per heavy atom. The average Bonchev–Trinajstić information content (AvgIpc) is 2.23. The standard InChI is InChI=1S/C13H21N/c1-12-7-5-6-10-14(12)11-13-8-3-2-4-9-13/h3,8-9,12H,2,4-7,10-11H2,1H3. The molecule has 1 aliphatic carbocycles. The van der Waals surface area contributed by atoms with Crippen molar-refractivity contribution in [1.82, 2.24) is 4.90 Å². The monoisotopic (exact) mass is 191 g/mol. The van der Waals surface area contributed by atoms with Crippen LogP contribution in [0.25, 0.3) is 0 Å². The molecule has 2 aliphatic rings. The molecule has 14 heavy (non-hydrogen) atoms. The Kier molecular flexibility index (Phi) is 3.41. The van der Waals surface area contributed by atoms with Crippen LogP contribution in [0.4, 0.5) is 0 Å². The van der Waals surface area contributed by atoms with E-state index in [0.717, 1.165) is 6.04 Å². The summed E-state index contributed by atoms with van der Waals surface area (Å²) < 4.78 is 0. The number of piperidine rings is 1. The highest BCUT2D eigenvalue weighted by Crippen LogP contribution is 2.19. The van der Waals surface area contributed by atoms with Crippen LogP contribution in [0.2, 0.25) is 0 Å². The zero-order valence-corrected chi connectivity index (χ0v) is 9.21. The topological polar surface area (TPSA) is 3.24 Å². The van der Waals surface area contributed by atoms with E-state index in [1.54, 1.807) is 0 Å². The first-order valence-electron chi connectivity index (χ1n) is 5.96. The van der Waals surface area contributed by atoms with Crippen LogP contribution in [0.5, 0.6) is 0 Å². The minimum Gasteiger partial charge on any atom is -0.296 e. The average molecular weight is 191 g/mol. The van der Waals surface area contributed by atoms with E-state index in [0.29, 0.717) is 0 Å². The van der Waals surface area contributed by atoms with Crippen LogP contribution in [-0.4, -0.2) is 24.0 Å². The maximum absolute atomic E-state index is 2.63. The van der Waals surface area contributed by atoms with Gasteiger partial charge in [0.1, 0.15) is 0 Å². The summed E-state index contributed by atoms with van der Waals surface area (Å²) >= 11 is 0. The van der Waals surface area contributed by atoms with Crippen molar-refractivity contribution < 1.29 is 0 Å². The van der Waals surface area contributed by atoms with Crippen molar-refractivity contribution in [3.63, 3.8) is 0 Å². The van der Waals surface area contributed by atoms with Crippen molar-refractivity contribution in [2.24, 2.45) is 0 Å². The Labute approximate surface area is 87.5 Å². The summed E-state index contributed by atoms with van der Waals surface area (Å²) in [6.07, 6.45) is 13.7. The number of rotatable bonds is 2. The minimum atomic E-state index is 0.792. The molecule has 1 fully saturated rings. The van der Waals surface area contributed by atoms with Crippen molar-refractivity contribution in [1.29, 1.82) is 0 Å². The molecule has 0 aromatic heterocycles. The zero-order chi connectivity index (χ0) is 9.80. The van der Waals surface area contributed by atoms with Crippen LogP contribution in [-0.2, 0) is 0 Å². The second kappa shape index (κ2) is 4.79. The van der Waals surface area contributed by atoms with Crippen molar-refractivity contribution in [3.05, 3.63) is 23.8 Å². The van der Waals surface area contributed by atoms with E-state index in [9.17, 15) is 0 Å². The van der Waals surface area contributed by atoms with Gasteiger partial charge in [-0.3, -0.25) is 4.90 Å². The molecule has 1 heterocycles. The van der Waals surface area contributed by atoms with Gasteiger partial charge in [0.15, 0.2) is 0 Å². The number of likely N-dealkylation sites (tertiary alicyclic amines) is 1. The van der Waals surface area contributed by atoms with Crippen molar-refractivity contribution in [3.8, 4) is 0 Å². The van der Waals surface area contributed by atoms with Gasteiger partial charge in [-0.05, 0) is 44.7 Å². The van der Waals surface area contributed by atoms with E-state index >= 15 is 0 Å². The Balaban J connectivity index is 1.89. The largest absolute Gasteiger partial charge is 0.296 e. The lowest BCUT2D eigenvalue weighted by molar-refractivity contribution is 0.176. The number of nitrogens with zero attached hydrogens (tertiary/aromatic N) is 1. The molecule has 1 aliphatic heterocycles. The van der Waals surface area contributed by atoms with Gasteiger partial charge < -0.3 is 0 Å². The minimum absolute atomic E-state index is 0.792. The molecule has 1 saturated heterocycles. The molecule has 0 aromatic rings. The molecule has 0 spiro atoms. The predicted molar refractivity (Wildman–Crippen MR) is 61.3 cm³/mol. The molecule has 0 saturated carbocycles. The SMILES string of the molecule is CC1CCCCN1CC1=CCCC=C1. The normalized spacial score (nSPS) is 28.9. The van der Waals surface area contributed by atoms with E-state index < -0.39 is 0 Å². The third kappa shape index (κ3) is 2.48. The quantitative estimate of drug-likeness (QED) is 0.648. The Morgan fingerprint density at radius 3 is 3.00 bits per heavy atom. The lowest BCUT2D eigenvalue weighted by Gasteiger charge is -2.33. The van der Waals surface area contributed by atoms with E-state index in [1.807, 2.05) is 0 Å². The Morgan fingerprint density at radius 2 is 2.29 bits per heavy atom. The summed E-state index contributed by atoms with van der Waals surface area (Å²) in [5.41, 5.74) is 1.53. The molecule has 0 aromatic carbocycles. The predicted octanol–water partition coefficient (Wildman–Crippen LogP) is 3.14. The van der Waals surface area contributed by atoms with Gasteiger partial charge in [-0.1, -0.05) is 24.6 Å². The molecule has 0 radical (unpaired) electrons. The second-order valence-corrected chi connectivity index (χ2v) is 4.57. The molecule has 0 bridgehead atoms. The molecular formula is C13H21N. The van der Waals surface area contributed by atoms with Crippen LogP contribution in [0.1, 0.15) is 39.0 Å². The molecule has 0 N–H and O–H groups in total. The summed E-state index contributed by atoms with van der Waals surface area (Å²) in [6.45, 7) is 4.84. The maximum atomic E-state index is 2.63. The third-order valence-corrected chi connectivity index (χ3v) is 3.40. The van der Waals surface area contributed by atoms with Gasteiger partial charge in [-0.2, -0.15) is 0 Å². The molecule has 1 atom stereocenters. The Bertz CT molecular complexity index is 240. The van der Waals surface area contributed by atoms with Crippen LogP contribution in [0.3, 0.4) is 0 Å². The summed E-state index contributed by atoms with van der Waals surface area (Å²) in [6, 6.07) is 0.792. The summed E-state index contributed by atoms with van der Waals surface area (Å²) in [7, 11) is 0. The van der Waals surface area contributed by atoms with Crippen LogP contribution in [0.15, 0.2) is 23.8 Å². The maximum Gasteiger partial charge on any atom is 0.0233 e. The first-order valence-corrected chi connectivity index (χ1v) is 5.96. The highest BCUT2D eigenvalue weighted by Gasteiger charge is 2.18. The van der Waals surface area contributed by atoms with Crippen molar-refractivity contribution >= 4 is 0 Å². The molecule has 78 valence electrons. The Hall–Kier alpha value is -0.560. The van der Waals surface area contributed by atoms with Crippen LogP contribution < -0.4 is 0 Å². The number of hydrogen-bond acceptors (Lipinski definition) is 1. The van der Waals surface area contributed by atoms with Crippen molar-refractivity contribution in [2.75, 3.05) is 13.1 Å². The van der Waals surface area contributed by atoms with E-state index in [2.05, 4.69) is 30.1 Å². The molecule has 1 nitrogen and oxygen atoms in total. The van der Waals surface area contributed by atoms with E-state index in [1.165, 1.54) is 50.8 Å². The van der Waals surface area contributed by atoms with Crippen molar-refractivity contribution in [2.45, 2.75) is 45.1 Å². The zero-order valence-electron chi connectivity index (χ0n) is 9.21. The van der Waals surface area contributed by atoms with Gasteiger partial charge in [0.2, 0.25) is 0 Å². The van der Waals surface area contributed by atoms with Crippen LogP contribution >= 0.6 is 0 Å². The number of hydrogen-bond donors (Lipinski definition) is 0. The molecule has 0 amide bonds. The van der Waals surface area contributed by atoms with Gasteiger partial charge >= 0.3 is 0 Å². The lowest BCUT2D eigenvalue weighted by atomic mass is 10.0. The molecule has 1 heteroatoms. The first kappa shape index (κ1) is 9.97. The highest BCUT2D eigenvalue weighted by atomic mass is 15.2. The van der Waals surface area contributed by atoms with Gasteiger partial charge in [0, 0.05) is 12.6 Å². The fourth-order valence-electron chi connectivity index (χ4n) is 2.41. The smallest absolute Gasteiger partial charge is 0.0233 e. The molecule has 1 unspecified atom stereocenters. The third-order valence-electron chi connectivity index (χ3n) is 3.40. The van der Waals surface area contributed by atoms with Gasteiger partial charge in [0.05, 0.1) is 0 Å². The second-order valence-electron chi connectivity index (χ2n) is 4.57. The highest BCUT2D eigenvalue weighted by molar-refractivity contribution is 5.23. The lowest BCUT2D eigenvalue weighted by Crippen LogP contribution is -2.38. The van der Waals surface area contributed by atoms with Gasteiger partial charge in [0.25, 0.3) is 0 Å². The molecule has 2 rings (SSSR count). The fourth-order valence-corrected chi connectivity index (χ4v) is 2.41.